The molecule has 0 radical (unpaired) electrons. The average molecular weight is 180 g/mol. The average Bonchev–Trinajstić information content (AvgIpc) is 2.09. The molecule has 1 saturated heterocycles. The highest BCUT2D eigenvalue weighted by molar-refractivity contribution is 4.90. The SMILES string of the molecule is OC[C@]1(O)OC[C@H](O)[C@H](O)[C@@H]1O. The van der Waals surface area contributed by atoms with E-state index in [1.165, 1.54) is 0 Å². The monoisotopic (exact) mass is 180 g/mol. The van der Waals surface area contributed by atoms with E-state index in [0.29, 0.717) is 0 Å². The third-order valence-corrected chi connectivity index (χ3v) is 1.91. The minimum absolute atomic E-state index is 0.324. The van der Waals surface area contributed by atoms with Gasteiger partial charge in [0.2, 0.25) is 5.79 Å². The summed E-state index contributed by atoms with van der Waals surface area (Å²) in [6.07, 6.45) is -4.45. The van der Waals surface area contributed by atoms with Crippen molar-refractivity contribution in [3.8, 4) is 0 Å². The van der Waals surface area contributed by atoms with E-state index in [1.54, 1.807) is 0 Å². The summed E-state index contributed by atoms with van der Waals surface area (Å²) in [4.78, 5) is 0. The number of aliphatic hydroxyl groups is 5. The van der Waals surface area contributed by atoms with Crippen molar-refractivity contribution >= 4 is 0 Å². The van der Waals surface area contributed by atoms with E-state index in [4.69, 9.17) is 20.4 Å². The summed E-state index contributed by atoms with van der Waals surface area (Å²) in [5.41, 5.74) is 0. The molecule has 0 bridgehead atoms. The molecule has 1 fully saturated rings. The summed E-state index contributed by atoms with van der Waals surface area (Å²) >= 11 is 0. The Hall–Kier alpha value is -0.240. The largest absolute Gasteiger partial charge is 0.391 e. The molecule has 6 nitrogen and oxygen atoms in total. The van der Waals surface area contributed by atoms with Crippen molar-refractivity contribution in [1.29, 1.82) is 0 Å². The van der Waals surface area contributed by atoms with Gasteiger partial charge in [0, 0.05) is 0 Å². The van der Waals surface area contributed by atoms with Crippen LogP contribution in [0.3, 0.4) is 0 Å². The lowest BCUT2D eigenvalue weighted by Crippen LogP contribution is -2.62. The van der Waals surface area contributed by atoms with E-state index >= 15 is 0 Å². The molecule has 0 aliphatic carbocycles. The molecule has 0 saturated carbocycles. The predicted molar refractivity (Wildman–Crippen MR) is 36.0 cm³/mol. The van der Waals surface area contributed by atoms with E-state index in [0.717, 1.165) is 0 Å². The Morgan fingerprint density at radius 1 is 1.33 bits per heavy atom. The zero-order chi connectivity index (χ0) is 9.35. The lowest BCUT2D eigenvalue weighted by atomic mass is 9.98. The Morgan fingerprint density at radius 3 is 2.42 bits per heavy atom. The fraction of sp³-hybridized carbons (Fsp3) is 1.00. The van der Waals surface area contributed by atoms with Crippen LogP contribution in [0.5, 0.6) is 0 Å². The second-order valence-corrected chi connectivity index (χ2v) is 2.82. The Kier molecular flexibility index (Phi) is 2.67. The summed E-state index contributed by atoms with van der Waals surface area (Å²) in [7, 11) is 0. The van der Waals surface area contributed by atoms with Crippen LogP contribution >= 0.6 is 0 Å². The van der Waals surface area contributed by atoms with Gasteiger partial charge in [-0.05, 0) is 0 Å². The smallest absolute Gasteiger partial charge is 0.218 e. The molecule has 5 N–H and O–H groups in total. The molecule has 0 spiro atoms. The normalized spacial score (nSPS) is 49.2. The van der Waals surface area contributed by atoms with Crippen molar-refractivity contribution in [1.82, 2.24) is 0 Å². The van der Waals surface area contributed by atoms with Crippen LogP contribution in [-0.4, -0.2) is 62.8 Å². The van der Waals surface area contributed by atoms with Crippen molar-refractivity contribution in [3.63, 3.8) is 0 Å². The van der Waals surface area contributed by atoms with Gasteiger partial charge in [0.25, 0.3) is 0 Å². The summed E-state index contributed by atoms with van der Waals surface area (Å²) < 4.78 is 4.56. The molecule has 1 aliphatic rings. The number of ether oxygens (including phenoxy) is 1. The number of hydrogen-bond donors (Lipinski definition) is 5. The lowest BCUT2D eigenvalue weighted by molar-refractivity contribution is -0.331. The fourth-order valence-electron chi connectivity index (χ4n) is 1.03. The molecule has 0 aromatic heterocycles. The molecule has 1 rings (SSSR count). The first-order chi connectivity index (χ1) is 5.51. The Balaban J connectivity index is 2.71. The standard InChI is InChI=1S/C6H12O6/c7-2-6(11)5(10)4(9)3(8)1-12-6/h3-5,7-11H,1-2H2/t3-,4-,5-,6-/m0/s1. The molecule has 72 valence electrons. The molecule has 1 heterocycles. The topological polar surface area (TPSA) is 110 Å². The van der Waals surface area contributed by atoms with Gasteiger partial charge in [0.05, 0.1) is 13.2 Å². The van der Waals surface area contributed by atoms with E-state index < -0.39 is 30.7 Å². The van der Waals surface area contributed by atoms with Crippen molar-refractivity contribution in [2.45, 2.75) is 24.1 Å². The van der Waals surface area contributed by atoms with Gasteiger partial charge < -0.3 is 30.3 Å². The van der Waals surface area contributed by atoms with E-state index in [2.05, 4.69) is 4.74 Å². The van der Waals surface area contributed by atoms with Gasteiger partial charge in [-0.25, -0.2) is 0 Å². The van der Waals surface area contributed by atoms with Gasteiger partial charge in [-0.3, -0.25) is 0 Å². The first-order valence-electron chi connectivity index (χ1n) is 3.52. The van der Waals surface area contributed by atoms with Crippen LogP contribution in [0.1, 0.15) is 0 Å². The minimum atomic E-state index is -2.17. The zero-order valence-electron chi connectivity index (χ0n) is 6.29. The van der Waals surface area contributed by atoms with Crippen LogP contribution < -0.4 is 0 Å². The van der Waals surface area contributed by atoms with Gasteiger partial charge in [0.1, 0.15) is 18.3 Å². The van der Waals surface area contributed by atoms with Gasteiger partial charge in [0.15, 0.2) is 0 Å². The fourth-order valence-corrected chi connectivity index (χ4v) is 1.03. The molecule has 4 atom stereocenters. The maximum Gasteiger partial charge on any atom is 0.218 e. The summed E-state index contributed by atoms with van der Waals surface area (Å²) in [6, 6.07) is 0. The highest BCUT2D eigenvalue weighted by atomic mass is 16.7. The molecule has 0 aromatic rings. The maximum atomic E-state index is 9.24. The Labute approximate surface area is 68.6 Å². The molecule has 0 aromatic carbocycles. The predicted octanol–water partition coefficient (Wildman–Crippen LogP) is -3.22. The van der Waals surface area contributed by atoms with Crippen LogP contribution in [0.15, 0.2) is 0 Å². The minimum Gasteiger partial charge on any atom is -0.391 e. The van der Waals surface area contributed by atoms with E-state index in [1.807, 2.05) is 0 Å². The van der Waals surface area contributed by atoms with Crippen molar-refractivity contribution in [2.24, 2.45) is 0 Å². The lowest BCUT2D eigenvalue weighted by Gasteiger charge is -2.40. The van der Waals surface area contributed by atoms with Gasteiger partial charge in [-0.1, -0.05) is 0 Å². The Morgan fingerprint density at radius 2 is 1.92 bits per heavy atom. The van der Waals surface area contributed by atoms with Gasteiger partial charge >= 0.3 is 0 Å². The quantitative estimate of drug-likeness (QED) is 0.290. The molecule has 0 unspecified atom stereocenters. The second-order valence-electron chi connectivity index (χ2n) is 2.82. The highest BCUT2D eigenvalue weighted by Gasteiger charge is 2.47. The number of rotatable bonds is 1. The van der Waals surface area contributed by atoms with Crippen LogP contribution in [-0.2, 0) is 4.74 Å². The van der Waals surface area contributed by atoms with Crippen molar-refractivity contribution in [3.05, 3.63) is 0 Å². The zero-order valence-corrected chi connectivity index (χ0v) is 6.29. The van der Waals surface area contributed by atoms with E-state index in [-0.39, 0.29) is 6.61 Å². The van der Waals surface area contributed by atoms with Crippen LogP contribution in [0, 0.1) is 0 Å². The molecule has 6 heteroatoms. The van der Waals surface area contributed by atoms with Crippen LogP contribution in [0.2, 0.25) is 0 Å². The third kappa shape index (κ3) is 1.45. The molecule has 12 heavy (non-hydrogen) atoms. The maximum absolute atomic E-state index is 9.24. The molecule has 0 amide bonds. The number of aliphatic hydroxyl groups excluding tert-OH is 4. The third-order valence-electron chi connectivity index (χ3n) is 1.91. The van der Waals surface area contributed by atoms with E-state index in [9.17, 15) is 5.11 Å². The first kappa shape index (κ1) is 9.85. The van der Waals surface area contributed by atoms with Gasteiger partial charge in [-0.2, -0.15) is 0 Å². The molecule has 1 aliphatic heterocycles. The second kappa shape index (κ2) is 3.25. The highest BCUT2D eigenvalue weighted by Crippen LogP contribution is 2.22. The van der Waals surface area contributed by atoms with Crippen LogP contribution in [0.4, 0.5) is 0 Å². The summed E-state index contributed by atoms with van der Waals surface area (Å²) in [5.74, 6) is -2.17. The summed E-state index contributed by atoms with van der Waals surface area (Å²) in [6.45, 7) is -1.16. The number of hydrogen-bond acceptors (Lipinski definition) is 6. The molecular formula is C6H12O6. The van der Waals surface area contributed by atoms with Crippen LogP contribution in [0.25, 0.3) is 0 Å². The Bertz CT molecular complexity index is 162. The summed E-state index contributed by atoms with van der Waals surface area (Å²) in [5, 5.41) is 45.0. The molecular weight excluding hydrogens is 168 g/mol. The van der Waals surface area contributed by atoms with Gasteiger partial charge in [-0.15, -0.1) is 0 Å². The van der Waals surface area contributed by atoms with Crippen molar-refractivity contribution < 1.29 is 30.3 Å². The first-order valence-corrected chi connectivity index (χ1v) is 3.52. The van der Waals surface area contributed by atoms with Crippen molar-refractivity contribution in [2.75, 3.05) is 13.2 Å².